The van der Waals surface area contributed by atoms with E-state index in [9.17, 15) is 9.59 Å². The summed E-state index contributed by atoms with van der Waals surface area (Å²) < 4.78 is 10.2. The number of rotatable bonds is 10. The Kier molecular flexibility index (Phi) is 7.03. The maximum atomic E-state index is 12.1. The lowest BCUT2D eigenvalue weighted by Gasteiger charge is -2.08. The largest absolute Gasteiger partial charge is 0.382 e. The molecule has 0 aromatic heterocycles. The molecule has 23 heavy (non-hydrogen) atoms. The molecule has 6 nitrogen and oxygen atoms in total. The molecule has 0 spiro atoms. The number of carbonyl (C=O) groups excluding carboxylic acids is 2. The number of nitrogens with one attached hydrogen (secondary N) is 2. The Morgan fingerprint density at radius 3 is 2.78 bits per heavy atom. The van der Waals surface area contributed by atoms with Gasteiger partial charge in [0.1, 0.15) is 0 Å². The maximum absolute atomic E-state index is 12.1. The number of hydrogen-bond acceptors (Lipinski definition) is 4. The van der Waals surface area contributed by atoms with Crippen molar-refractivity contribution >= 4 is 17.5 Å². The second-order valence-electron chi connectivity index (χ2n) is 5.56. The molecule has 2 N–H and O–H groups in total. The second kappa shape index (κ2) is 9.27. The number of benzene rings is 1. The topological polar surface area (TPSA) is 76.7 Å². The highest BCUT2D eigenvalue weighted by Gasteiger charge is 2.29. The molecule has 0 unspecified atom stereocenters. The van der Waals surface area contributed by atoms with Gasteiger partial charge in [0, 0.05) is 37.4 Å². The molecular weight excluding hydrogens is 296 g/mol. The molecule has 126 valence electrons. The standard InChI is InChI=1S/C17H24N2O4/c1-22-10-11-23-9-3-8-18-16(20)14-4-2-5-15(12-14)19-17(21)13-6-7-13/h2,4-5,12-13H,3,6-11H2,1H3,(H,18,20)(H,19,21). The van der Waals surface area contributed by atoms with Crippen LogP contribution in [0.15, 0.2) is 24.3 Å². The number of ether oxygens (including phenoxy) is 2. The number of carbonyl (C=O) groups is 2. The molecule has 0 aliphatic heterocycles. The van der Waals surface area contributed by atoms with Crippen LogP contribution in [0.3, 0.4) is 0 Å². The Balaban J connectivity index is 1.70. The first kappa shape index (κ1) is 17.4. The van der Waals surface area contributed by atoms with E-state index in [1.807, 2.05) is 0 Å². The van der Waals surface area contributed by atoms with E-state index < -0.39 is 0 Å². The zero-order chi connectivity index (χ0) is 16.5. The predicted octanol–water partition coefficient (Wildman–Crippen LogP) is 1.82. The lowest BCUT2D eigenvalue weighted by Crippen LogP contribution is -2.25. The van der Waals surface area contributed by atoms with Gasteiger partial charge in [0.2, 0.25) is 5.91 Å². The SMILES string of the molecule is COCCOCCCNC(=O)c1cccc(NC(=O)C2CC2)c1. The van der Waals surface area contributed by atoms with E-state index in [0.717, 1.165) is 19.3 Å². The van der Waals surface area contributed by atoms with Crippen molar-refractivity contribution in [2.75, 3.05) is 38.8 Å². The van der Waals surface area contributed by atoms with Gasteiger partial charge >= 0.3 is 0 Å². The first-order chi connectivity index (χ1) is 11.2. The fourth-order valence-electron chi connectivity index (χ4n) is 2.05. The van der Waals surface area contributed by atoms with Gasteiger partial charge in [-0.25, -0.2) is 0 Å². The summed E-state index contributed by atoms with van der Waals surface area (Å²) in [7, 11) is 1.63. The number of hydrogen-bond donors (Lipinski definition) is 2. The fraction of sp³-hybridized carbons (Fsp3) is 0.529. The summed E-state index contributed by atoms with van der Waals surface area (Å²) in [5, 5.41) is 5.69. The Labute approximate surface area is 136 Å². The first-order valence-corrected chi connectivity index (χ1v) is 7.96. The van der Waals surface area contributed by atoms with Crippen molar-refractivity contribution in [3.63, 3.8) is 0 Å². The van der Waals surface area contributed by atoms with E-state index >= 15 is 0 Å². The smallest absolute Gasteiger partial charge is 0.251 e. The van der Waals surface area contributed by atoms with Crippen LogP contribution in [0.5, 0.6) is 0 Å². The van der Waals surface area contributed by atoms with Crippen molar-refractivity contribution in [2.24, 2.45) is 5.92 Å². The summed E-state index contributed by atoms with van der Waals surface area (Å²) in [5.41, 5.74) is 1.20. The van der Waals surface area contributed by atoms with Crippen LogP contribution in [0.2, 0.25) is 0 Å². The summed E-state index contributed by atoms with van der Waals surface area (Å²) in [5.74, 6) is 0.0331. The van der Waals surface area contributed by atoms with Crippen molar-refractivity contribution in [3.05, 3.63) is 29.8 Å². The molecule has 2 rings (SSSR count). The lowest BCUT2D eigenvalue weighted by molar-refractivity contribution is -0.117. The molecule has 1 aromatic carbocycles. The summed E-state index contributed by atoms with van der Waals surface area (Å²) in [6.07, 6.45) is 2.66. The maximum Gasteiger partial charge on any atom is 0.251 e. The van der Waals surface area contributed by atoms with E-state index in [4.69, 9.17) is 9.47 Å². The van der Waals surface area contributed by atoms with Crippen molar-refractivity contribution in [1.82, 2.24) is 5.32 Å². The molecule has 1 fully saturated rings. The van der Waals surface area contributed by atoms with Gasteiger partial charge in [-0.05, 0) is 37.5 Å². The summed E-state index contributed by atoms with van der Waals surface area (Å²) in [6.45, 7) is 2.27. The van der Waals surface area contributed by atoms with E-state index in [1.54, 1.807) is 31.4 Å². The Bertz CT molecular complexity index is 529. The lowest BCUT2D eigenvalue weighted by atomic mass is 10.2. The van der Waals surface area contributed by atoms with E-state index in [0.29, 0.717) is 37.6 Å². The van der Waals surface area contributed by atoms with Gasteiger partial charge in [0.15, 0.2) is 0 Å². The molecule has 0 radical (unpaired) electrons. The minimum Gasteiger partial charge on any atom is -0.382 e. The average Bonchev–Trinajstić information content (AvgIpc) is 3.39. The van der Waals surface area contributed by atoms with Crippen molar-refractivity contribution in [1.29, 1.82) is 0 Å². The van der Waals surface area contributed by atoms with E-state index in [2.05, 4.69) is 10.6 Å². The third kappa shape index (κ3) is 6.38. The quantitative estimate of drug-likeness (QED) is 0.645. The summed E-state index contributed by atoms with van der Waals surface area (Å²) >= 11 is 0. The molecule has 1 aliphatic carbocycles. The molecule has 1 saturated carbocycles. The molecule has 0 heterocycles. The number of anilines is 1. The van der Waals surface area contributed by atoms with Crippen molar-refractivity contribution in [2.45, 2.75) is 19.3 Å². The van der Waals surface area contributed by atoms with Gasteiger partial charge < -0.3 is 20.1 Å². The molecule has 1 aromatic rings. The Hall–Kier alpha value is -1.92. The van der Waals surface area contributed by atoms with Crippen LogP contribution in [0.25, 0.3) is 0 Å². The highest BCUT2D eigenvalue weighted by molar-refractivity contribution is 5.98. The Morgan fingerprint density at radius 1 is 1.22 bits per heavy atom. The third-order valence-electron chi connectivity index (χ3n) is 3.52. The first-order valence-electron chi connectivity index (χ1n) is 7.96. The van der Waals surface area contributed by atoms with Crippen molar-refractivity contribution in [3.8, 4) is 0 Å². The third-order valence-corrected chi connectivity index (χ3v) is 3.52. The zero-order valence-corrected chi connectivity index (χ0v) is 13.5. The van der Waals surface area contributed by atoms with Crippen LogP contribution in [-0.2, 0) is 14.3 Å². The summed E-state index contributed by atoms with van der Waals surface area (Å²) in [4.78, 5) is 23.8. The zero-order valence-electron chi connectivity index (χ0n) is 13.5. The van der Waals surface area contributed by atoms with Gasteiger partial charge in [0.05, 0.1) is 13.2 Å². The minimum absolute atomic E-state index is 0.0377. The van der Waals surface area contributed by atoms with Gasteiger partial charge in [0.25, 0.3) is 5.91 Å². The molecular formula is C17H24N2O4. The Morgan fingerprint density at radius 2 is 2.04 bits per heavy atom. The molecule has 0 atom stereocenters. The molecule has 1 aliphatic rings. The summed E-state index contributed by atoms with van der Waals surface area (Å²) in [6, 6.07) is 6.99. The molecule has 2 amide bonds. The molecule has 6 heteroatoms. The van der Waals surface area contributed by atoms with E-state index in [-0.39, 0.29) is 17.7 Å². The minimum atomic E-state index is -0.149. The molecule has 0 bridgehead atoms. The van der Waals surface area contributed by atoms with Gasteiger partial charge in [-0.1, -0.05) is 6.07 Å². The highest BCUT2D eigenvalue weighted by Crippen LogP contribution is 2.30. The van der Waals surface area contributed by atoms with Gasteiger partial charge in [-0.15, -0.1) is 0 Å². The highest BCUT2D eigenvalue weighted by atomic mass is 16.5. The number of amides is 2. The van der Waals surface area contributed by atoms with Crippen LogP contribution < -0.4 is 10.6 Å². The van der Waals surface area contributed by atoms with Crippen LogP contribution in [-0.4, -0.2) is 45.3 Å². The fourth-order valence-corrected chi connectivity index (χ4v) is 2.05. The van der Waals surface area contributed by atoms with Crippen LogP contribution in [0, 0.1) is 5.92 Å². The predicted molar refractivity (Wildman–Crippen MR) is 87.4 cm³/mol. The van der Waals surface area contributed by atoms with Crippen LogP contribution in [0.4, 0.5) is 5.69 Å². The normalized spacial score (nSPS) is 13.6. The van der Waals surface area contributed by atoms with Crippen LogP contribution in [0.1, 0.15) is 29.6 Å². The van der Waals surface area contributed by atoms with Gasteiger partial charge in [-0.2, -0.15) is 0 Å². The number of methoxy groups -OCH3 is 1. The molecule has 0 saturated heterocycles. The van der Waals surface area contributed by atoms with E-state index in [1.165, 1.54) is 0 Å². The monoisotopic (exact) mass is 320 g/mol. The average molecular weight is 320 g/mol. The van der Waals surface area contributed by atoms with Crippen LogP contribution >= 0.6 is 0 Å². The second-order valence-corrected chi connectivity index (χ2v) is 5.56. The van der Waals surface area contributed by atoms with Gasteiger partial charge in [-0.3, -0.25) is 9.59 Å². The van der Waals surface area contributed by atoms with Crippen molar-refractivity contribution < 1.29 is 19.1 Å².